The summed E-state index contributed by atoms with van der Waals surface area (Å²) < 4.78 is 25.5. The average Bonchev–Trinajstić information content (AvgIpc) is 2.52. The molecule has 0 saturated heterocycles. The molecule has 1 heterocycles. The maximum atomic E-state index is 11.9. The first-order valence-corrected chi connectivity index (χ1v) is 4.11. The molecule has 0 amide bonds. The van der Waals surface area contributed by atoms with E-state index in [4.69, 9.17) is 5.11 Å². The average molecular weight is 190 g/mol. The van der Waals surface area contributed by atoms with E-state index in [1.54, 1.807) is 10.9 Å². The van der Waals surface area contributed by atoms with Crippen LogP contribution in [-0.4, -0.2) is 27.4 Å². The number of aromatic nitrogens is 2. The highest BCUT2D eigenvalue weighted by molar-refractivity contribution is 5.05. The van der Waals surface area contributed by atoms with Crippen molar-refractivity contribution < 1.29 is 13.9 Å². The summed E-state index contributed by atoms with van der Waals surface area (Å²) in [4.78, 5) is 0. The SMILES string of the molecule is CCn1cc(CC(O)C(F)F)cn1. The second kappa shape index (κ2) is 4.32. The monoisotopic (exact) mass is 190 g/mol. The van der Waals surface area contributed by atoms with Crippen molar-refractivity contribution in [1.29, 1.82) is 0 Å². The van der Waals surface area contributed by atoms with Gasteiger partial charge in [0.15, 0.2) is 0 Å². The molecule has 1 rings (SSSR count). The smallest absolute Gasteiger partial charge is 0.264 e. The molecular formula is C8H12F2N2O. The topological polar surface area (TPSA) is 38.0 Å². The van der Waals surface area contributed by atoms with Crippen molar-refractivity contribution in [2.75, 3.05) is 0 Å². The van der Waals surface area contributed by atoms with Crippen LogP contribution in [0.15, 0.2) is 12.4 Å². The largest absolute Gasteiger partial charge is 0.387 e. The van der Waals surface area contributed by atoms with E-state index >= 15 is 0 Å². The minimum absolute atomic E-state index is 0.0440. The molecule has 5 heteroatoms. The summed E-state index contributed by atoms with van der Waals surface area (Å²) in [5.74, 6) is 0. The van der Waals surface area contributed by atoms with Crippen molar-refractivity contribution in [3.8, 4) is 0 Å². The van der Waals surface area contributed by atoms with E-state index in [0.717, 1.165) is 0 Å². The number of aliphatic hydroxyl groups is 1. The molecule has 1 aromatic rings. The standard InChI is InChI=1S/C8H12F2N2O/c1-2-12-5-6(4-11-12)3-7(13)8(9)10/h4-5,7-8,13H,2-3H2,1H3. The van der Waals surface area contributed by atoms with Crippen LogP contribution in [0, 0.1) is 0 Å². The summed E-state index contributed by atoms with van der Waals surface area (Å²) in [5.41, 5.74) is 0.634. The zero-order valence-electron chi connectivity index (χ0n) is 7.32. The third kappa shape index (κ3) is 2.77. The van der Waals surface area contributed by atoms with Crippen molar-refractivity contribution in [1.82, 2.24) is 9.78 Å². The molecule has 1 atom stereocenters. The van der Waals surface area contributed by atoms with Crippen molar-refractivity contribution in [2.45, 2.75) is 32.4 Å². The van der Waals surface area contributed by atoms with Crippen molar-refractivity contribution in [3.63, 3.8) is 0 Å². The highest BCUT2D eigenvalue weighted by Gasteiger charge is 2.17. The highest BCUT2D eigenvalue weighted by Crippen LogP contribution is 2.08. The quantitative estimate of drug-likeness (QED) is 0.771. The highest BCUT2D eigenvalue weighted by atomic mass is 19.3. The Morgan fingerprint density at radius 1 is 1.62 bits per heavy atom. The van der Waals surface area contributed by atoms with Gasteiger partial charge in [-0.1, -0.05) is 0 Å². The molecule has 0 fully saturated rings. The fraction of sp³-hybridized carbons (Fsp3) is 0.625. The molecule has 1 N–H and O–H groups in total. The fourth-order valence-electron chi connectivity index (χ4n) is 1.02. The molecule has 1 unspecified atom stereocenters. The van der Waals surface area contributed by atoms with E-state index in [1.165, 1.54) is 6.20 Å². The molecule has 0 aliphatic carbocycles. The molecule has 0 aliphatic heterocycles. The predicted octanol–water partition coefficient (Wildman–Crippen LogP) is 1.07. The van der Waals surface area contributed by atoms with E-state index in [9.17, 15) is 8.78 Å². The molecule has 0 radical (unpaired) electrons. The van der Waals surface area contributed by atoms with Gasteiger partial charge in [-0.25, -0.2) is 8.78 Å². The molecule has 13 heavy (non-hydrogen) atoms. The lowest BCUT2D eigenvalue weighted by Crippen LogP contribution is -2.19. The van der Waals surface area contributed by atoms with Gasteiger partial charge >= 0.3 is 0 Å². The molecule has 1 aromatic heterocycles. The zero-order valence-corrected chi connectivity index (χ0v) is 7.32. The van der Waals surface area contributed by atoms with E-state index in [1.807, 2.05) is 6.92 Å². The normalized spacial score (nSPS) is 13.6. The van der Waals surface area contributed by atoms with E-state index in [0.29, 0.717) is 12.1 Å². The fourth-order valence-corrected chi connectivity index (χ4v) is 1.02. The summed E-state index contributed by atoms with van der Waals surface area (Å²) in [6.07, 6.45) is -1.17. The van der Waals surface area contributed by atoms with Gasteiger partial charge in [-0.3, -0.25) is 4.68 Å². The number of nitrogens with zero attached hydrogens (tertiary/aromatic N) is 2. The molecule has 0 saturated carbocycles. The molecule has 0 bridgehead atoms. The predicted molar refractivity (Wildman–Crippen MR) is 43.6 cm³/mol. The second-order valence-corrected chi connectivity index (χ2v) is 2.81. The molecule has 74 valence electrons. The van der Waals surface area contributed by atoms with Crippen molar-refractivity contribution >= 4 is 0 Å². The van der Waals surface area contributed by atoms with E-state index in [2.05, 4.69) is 5.10 Å². The lowest BCUT2D eigenvalue weighted by atomic mass is 10.2. The van der Waals surface area contributed by atoms with E-state index in [-0.39, 0.29) is 6.42 Å². The van der Waals surface area contributed by atoms with Crippen LogP contribution in [0.4, 0.5) is 8.78 Å². The minimum atomic E-state index is -2.69. The minimum Gasteiger partial charge on any atom is -0.387 e. The van der Waals surface area contributed by atoms with Gasteiger partial charge in [0.2, 0.25) is 0 Å². The van der Waals surface area contributed by atoms with Crippen LogP contribution < -0.4 is 0 Å². The molecular weight excluding hydrogens is 178 g/mol. The van der Waals surface area contributed by atoms with Crippen LogP contribution in [0.1, 0.15) is 12.5 Å². The Bertz CT molecular complexity index is 262. The van der Waals surface area contributed by atoms with Crippen LogP contribution in [0.25, 0.3) is 0 Å². The Labute approximate surface area is 75.0 Å². The molecule has 0 aliphatic rings. The summed E-state index contributed by atoms with van der Waals surface area (Å²) in [6.45, 7) is 2.60. The lowest BCUT2D eigenvalue weighted by Gasteiger charge is -2.06. The molecule has 0 spiro atoms. The van der Waals surface area contributed by atoms with Gasteiger partial charge < -0.3 is 5.11 Å². The van der Waals surface area contributed by atoms with Gasteiger partial charge in [-0.05, 0) is 12.5 Å². The number of hydrogen-bond donors (Lipinski definition) is 1. The summed E-state index contributed by atoms with van der Waals surface area (Å²) in [5, 5.41) is 12.8. The van der Waals surface area contributed by atoms with Crippen molar-refractivity contribution in [2.24, 2.45) is 0 Å². The number of rotatable bonds is 4. The van der Waals surface area contributed by atoms with Gasteiger partial charge in [-0.2, -0.15) is 5.10 Å². The number of alkyl halides is 2. The first-order chi connectivity index (χ1) is 6.13. The molecule has 3 nitrogen and oxygen atoms in total. The Hall–Kier alpha value is -0.970. The Kier molecular flexibility index (Phi) is 3.36. The number of halogens is 2. The zero-order chi connectivity index (χ0) is 9.84. The van der Waals surface area contributed by atoms with Gasteiger partial charge in [0.1, 0.15) is 6.10 Å². The summed E-state index contributed by atoms with van der Waals surface area (Å²) in [7, 11) is 0. The van der Waals surface area contributed by atoms with E-state index < -0.39 is 12.5 Å². The Balaban J connectivity index is 2.53. The maximum absolute atomic E-state index is 11.9. The van der Waals surface area contributed by atoms with Gasteiger partial charge in [0, 0.05) is 19.2 Å². The first kappa shape index (κ1) is 10.1. The summed E-state index contributed by atoms with van der Waals surface area (Å²) in [6, 6.07) is 0. The van der Waals surface area contributed by atoms with Gasteiger partial charge in [0.25, 0.3) is 6.43 Å². The van der Waals surface area contributed by atoms with Crippen LogP contribution in [0.5, 0.6) is 0 Å². The Morgan fingerprint density at radius 2 is 2.31 bits per heavy atom. The molecule has 0 aromatic carbocycles. The number of aryl methyl sites for hydroxylation is 1. The third-order valence-electron chi connectivity index (χ3n) is 1.75. The lowest BCUT2D eigenvalue weighted by molar-refractivity contribution is -0.00366. The summed E-state index contributed by atoms with van der Waals surface area (Å²) >= 11 is 0. The van der Waals surface area contributed by atoms with Gasteiger partial charge in [-0.15, -0.1) is 0 Å². The second-order valence-electron chi connectivity index (χ2n) is 2.81. The number of aliphatic hydroxyl groups excluding tert-OH is 1. The number of hydrogen-bond acceptors (Lipinski definition) is 2. The van der Waals surface area contributed by atoms with Crippen LogP contribution >= 0.6 is 0 Å². The van der Waals surface area contributed by atoms with Crippen LogP contribution in [0.3, 0.4) is 0 Å². The Morgan fingerprint density at radius 3 is 2.77 bits per heavy atom. The third-order valence-corrected chi connectivity index (χ3v) is 1.75. The first-order valence-electron chi connectivity index (χ1n) is 4.11. The maximum Gasteiger partial charge on any atom is 0.264 e. The van der Waals surface area contributed by atoms with Crippen LogP contribution in [0.2, 0.25) is 0 Å². The van der Waals surface area contributed by atoms with Crippen molar-refractivity contribution in [3.05, 3.63) is 18.0 Å². The van der Waals surface area contributed by atoms with Crippen LogP contribution in [-0.2, 0) is 13.0 Å². The van der Waals surface area contributed by atoms with Gasteiger partial charge in [0.05, 0.1) is 6.20 Å².